The average molecular weight is 515 g/mol. The van der Waals surface area contributed by atoms with Crippen LogP contribution in [0.4, 0.5) is 0 Å². The van der Waals surface area contributed by atoms with E-state index in [1.54, 1.807) is 52.1 Å². The molecule has 2 amide bonds. The Morgan fingerprint density at radius 1 is 1.13 bits per heavy atom. The number of carbonyl (C=O) groups excluding carboxylic acids is 3. The Kier molecular flexibility index (Phi) is 6.50. The zero-order valence-electron chi connectivity index (χ0n) is 20.9. The van der Waals surface area contributed by atoms with E-state index >= 15 is 0 Å². The van der Waals surface area contributed by atoms with Gasteiger partial charge in [0, 0.05) is 54.5 Å². The second-order valence-corrected chi connectivity index (χ2v) is 9.40. The summed E-state index contributed by atoms with van der Waals surface area (Å²) in [7, 11) is 0. The van der Waals surface area contributed by atoms with E-state index in [2.05, 4.69) is 20.5 Å². The molecule has 194 valence electrons. The molecule has 0 fully saturated rings. The highest BCUT2D eigenvalue weighted by atomic mass is 16.3. The molecule has 0 unspecified atom stereocenters. The Bertz CT molecular complexity index is 1640. The van der Waals surface area contributed by atoms with Gasteiger partial charge in [-0.25, -0.2) is 4.98 Å². The number of hydrogen-bond acceptors (Lipinski definition) is 7. The van der Waals surface area contributed by atoms with Gasteiger partial charge in [0.1, 0.15) is 5.69 Å². The van der Waals surface area contributed by atoms with Gasteiger partial charge in [-0.3, -0.25) is 24.3 Å². The number of aromatic hydroxyl groups is 1. The lowest BCUT2D eigenvalue weighted by atomic mass is 10.0. The topological polar surface area (TPSA) is 150 Å². The summed E-state index contributed by atoms with van der Waals surface area (Å²) in [5, 5.41) is 20.5. The molecule has 0 atom stereocenters. The summed E-state index contributed by atoms with van der Waals surface area (Å²) >= 11 is 0. The van der Waals surface area contributed by atoms with Gasteiger partial charge in [0.2, 0.25) is 5.43 Å². The predicted octanol–water partition coefficient (Wildman–Crippen LogP) is 2.04. The molecule has 1 aliphatic rings. The van der Waals surface area contributed by atoms with E-state index in [4.69, 9.17) is 0 Å². The molecule has 11 heteroatoms. The lowest BCUT2D eigenvalue weighted by Crippen LogP contribution is -2.46. The van der Waals surface area contributed by atoms with Crippen molar-refractivity contribution < 1.29 is 19.5 Å². The molecular formula is C27H26N6O5. The van der Waals surface area contributed by atoms with Crippen molar-refractivity contribution in [3.05, 3.63) is 87.1 Å². The lowest BCUT2D eigenvalue weighted by molar-refractivity contribution is 0.0639. The van der Waals surface area contributed by atoms with Crippen molar-refractivity contribution in [3.63, 3.8) is 0 Å². The van der Waals surface area contributed by atoms with Crippen LogP contribution in [-0.2, 0) is 19.5 Å². The molecule has 3 aromatic heterocycles. The summed E-state index contributed by atoms with van der Waals surface area (Å²) < 4.78 is 1.58. The Labute approximate surface area is 217 Å². The number of Topliss-reactive ketones (excluding diaryl/α,β-unsaturated/α-hetero) is 1. The third-order valence-electron chi connectivity index (χ3n) is 6.62. The maximum Gasteiger partial charge on any atom is 0.274 e. The number of hydrogen-bond donors (Lipinski definition) is 3. The molecule has 0 saturated carbocycles. The molecule has 0 aliphatic carbocycles. The minimum absolute atomic E-state index is 0.0212. The second kappa shape index (κ2) is 9.92. The fourth-order valence-electron chi connectivity index (χ4n) is 4.67. The normalized spacial score (nSPS) is 13.1. The molecule has 3 N–H and O–H groups in total. The molecular weight excluding hydrogens is 488 g/mol. The highest BCUT2D eigenvalue weighted by Gasteiger charge is 2.31. The number of nitrogens with one attached hydrogen (secondary N) is 2. The summed E-state index contributed by atoms with van der Waals surface area (Å²) in [6.45, 7) is 4.51. The van der Waals surface area contributed by atoms with Gasteiger partial charge >= 0.3 is 0 Å². The van der Waals surface area contributed by atoms with Crippen LogP contribution >= 0.6 is 0 Å². The first-order valence-corrected chi connectivity index (χ1v) is 12.2. The minimum Gasteiger partial charge on any atom is -0.503 e. The maximum atomic E-state index is 13.0. The van der Waals surface area contributed by atoms with Crippen LogP contribution in [0.2, 0.25) is 0 Å². The first-order valence-electron chi connectivity index (χ1n) is 12.2. The van der Waals surface area contributed by atoms with Crippen molar-refractivity contribution in [2.75, 3.05) is 6.54 Å². The number of pyridine rings is 2. The van der Waals surface area contributed by atoms with Crippen LogP contribution in [0, 0.1) is 0 Å². The van der Waals surface area contributed by atoms with Gasteiger partial charge in [-0.1, -0.05) is 12.1 Å². The monoisotopic (exact) mass is 514 g/mol. The van der Waals surface area contributed by atoms with E-state index in [1.807, 2.05) is 13.8 Å². The molecule has 11 nitrogen and oxygen atoms in total. The van der Waals surface area contributed by atoms with E-state index in [1.165, 1.54) is 6.07 Å². The van der Waals surface area contributed by atoms with Crippen molar-refractivity contribution in [1.29, 1.82) is 0 Å². The van der Waals surface area contributed by atoms with Gasteiger partial charge < -0.3 is 19.9 Å². The average Bonchev–Trinajstić information content (AvgIpc) is 3.34. The number of aromatic amines is 1. The highest BCUT2D eigenvalue weighted by molar-refractivity contribution is 6.06. The number of fused-ring (bicyclic) bond motifs is 2. The van der Waals surface area contributed by atoms with E-state index in [0.29, 0.717) is 46.6 Å². The number of nitrogens with zero attached hydrogens (tertiary/aromatic N) is 4. The molecule has 5 rings (SSSR count). The molecule has 0 saturated heterocycles. The molecule has 0 spiro atoms. The fourth-order valence-corrected chi connectivity index (χ4v) is 4.67. The van der Waals surface area contributed by atoms with Crippen molar-refractivity contribution in [3.8, 4) is 5.75 Å². The molecule has 1 aliphatic heterocycles. The Morgan fingerprint density at radius 2 is 1.95 bits per heavy atom. The van der Waals surface area contributed by atoms with E-state index in [-0.39, 0.29) is 30.5 Å². The van der Waals surface area contributed by atoms with Crippen molar-refractivity contribution in [2.24, 2.45) is 0 Å². The quantitative estimate of drug-likeness (QED) is 0.319. The summed E-state index contributed by atoms with van der Waals surface area (Å²) in [6, 6.07) is 11.4. The van der Waals surface area contributed by atoms with Crippen molar-refractivity contribution in [2.45, 2.75) is 39.4 Å². The van der Waals surface area contributed by atoms with Gasteiger partial charge in [0.15, 0.2) is 22.9 Å². The fraction of sp³-hybridized carbons (Fsp3) is 0.259. The van der Waals surface area contributed by atoms with Crippen molar-refractivity contribution >= 4 is 28.6 Å². The summed E-state index contributed by atoms with van der Waals surface area (Å²) in [5.74, 6) is -1.61. The largest absolute Gasteiger partial charge is 0.503 e. The van der Waals surface area contributed by atoms with Gasteiger partial charge in [0.05, 0.1) is 6.54 Å². The standard InChI is InChI=1S/C27H26N6O5/c1-15(2)32-9-10-33-18(13-21(35)24(36)23(33)27(32)38)14-29-26(37)17-6-3-5-16(11-17)12-20(34)22-19-7-4-8-28-25(19)31-30-22/h3-8,11,13,15,36H,9-10,12,14H2,1-2H3,(H,29,37)(H,28,30,31). The zero-order valence-corrected chi connectivity index (χ0v) is 20.9. The SMILES string of the molecule is CC(C)N1CCn2c(CNC(=O)c3cccc(CC(=O)c4[nH]nc5ncccc45)c3)cc(=O)c(O)c2C1=O. The minimum atomic E-state index is -0.679. The van der Waals surface area contributed by atoms with Gasteiger partial charge in [-0.15, -0.1) is 0 Å². The molecule has 0 radical (unpaired) electrons. The summed E-state index contributed by atoms with van der Waals surface area (Å²) in [4.78, 5) is 56.8. The third kappa shape index (κ3) is 4.54. The number of H-pyrrole nitrogens is 1. The van der Waals surface area contributed by atoms with Gasteiger partial charge in [0.25, 0.3) is 11.8 Å². The van der Waals surface area contributed by atoms with Crippen LogP contribution in [0.15, 0.2) is 53.5 Å². The van der Waals surface area contributed by atoms with Crippen LogP contribution in [0.1, 0.15) is 56.4 Å². The molecule has 4 heterocycles. The Hall–Kier alpha value is -4.80. The van der Waals surface area contributed by atoms with Crippen LogP contribution in [0.3, 0.4) is 0 Å². The Morgan fingerprint density at radius 3 is 2.74 bits per heavy atom. The first-order chi connectivity index (χ1) is 18.2. The number of amides is 2. The van der Waals surface area contributed by atoms with E-state index in [9.17, 15) is 24.3 Å². The van der Waals surface area contributed by atoms with Crippen LogP contribution in [-0.4, -0.2) is 59.9 Å². The van der Waals surface area contributed by atoms with Crippen molar-refractivity contribution in [1.82, 2.24) is 30.0 Å². The summed E-state index contributed by atoms with van der Waals surface area (Å²) in [5.41, 5.74) is 1.47. The van der Waals surface area contributed by atoms with Crippen LogP contribution in [0.5, 0.6) is 5.75 Å². The number of aromatic nitrogens is 4. The molecule has 1 aromatic carbocycles. The highest BCUT2D eigenvalue weighted by Crippen LogP contribution is 2.23. The van der Waals surface area contributed by atoms with Crippen LogP contribution < -0.4 is 10.7 Å². The number of rotatable bonds is 7. The maximum absolute atomic E-state index is 13.0. The lowest BCUT2D eigenvalue weighted by Gasteiger charge is -2.34. The van der Waals surface area contributed by atoms with E-state index < -0.39 is 23.0 Å². The molecule has 0 bridgehead atoms. The first kappa shape index (κ1) is 24.9. The summed E-state index contributed by atoms with van der Waals surface area (Å²) in [6.07, 6.45) is 1.66. The van der Waals surface area contributed by atoms with Crippen LogP contribution in [0.25, 0.3) is 11.0 Å². The number of ketones is 1. The molecule has 4 aromatic rings. The number of carbonyl (C=O) groups is 3. The smallest absolute Gasteiger partial charge is 0.274 e. The second-order valence-electron chi connectivity index (χ2n) is 9.40. The Balaban J connectivity index is 1.32. The zero-order chi connectivity index (χ0) is 27.0. The predicted molar refractivity (Wildman–Crippen MR) is 138 cm³/mol. The number of benzene rings is 1. The third-order valence-corrected chi connectivity index (χ3v) is 6.62. The molecule has 38 heavy (non-hydrogen) atoms. The van der Waals surface area contributed by atoms with Gasteiger partial charge in [-0.05, 0) is 43.7 Å². The van der Waals surface area contributed by atoms with E-state index in [0.717, 1.165) is 0 Å². The van der Waals surface area contributed by atoms with Gasteiger partial charge in [-0.2, -0.15) is 5.10 Å².